The first-order valence-corrected chi connectivity index (χ1v) is 7.18. The van der Waals surface area contributed by atoms with Gasteiger partial charge in [0.2, 0.25) is 5.91 Å². The molecule has 0 aromatic rings. The van der Waals surface area contributed by atoms with E-state index in [1.165, 1.54) is 0 Å². The molecule has 2 aliphatic rings. The molecule has 0 spiro atoms. The summed E-state index contributed by atoms with van der Waals surface area (Å²) in [4.78, 5) is 12.6. The molecule has 1 aliphatic heterocycles. The summed E-state index contributed by atoms with van der Waals surface area (Å²) >= 11 is 0. The number of aliphatic hydroxyl groups is 2. The molecule has 20 heavy (non-hydrogen) atoms. The lowest BCUT2D eigenvalue weighted by Crippen LogP contribution is -2.83. The number of aliphatic hydroxyl groups excluding tert-OH is 2. The van der Waals surface area contributed by atoms with Gasteiger partial charge in [0.05, 0.1) is 24.9 Å². The molecule has 0 radical (unpaired) electrons. The molecular formula is C14H26N2O4. The molecule has 0 bridgehead atoms. The van der Waals surface area contributed by atoms with Crippen molar-refractivity contribution in [3.8, 4) is 0 Å². The third-order valence-corrected chi connectivity index (χ3v) is 5.17. The van der Waals surface area contributed by atoms with Crippen molar-refractivity contribution in [2.75, 3.05) is 19.8 Å². The van der Waals surface area contributed by atoms with Crippen molar-refractivity contribution >= 4 is 5.91 Å². The maximum absolute atomic E-state index is 12.6. The van der Waals surface area contributed by atoms with Gasteiger partial charge in [0.15, 0.2) is 0 Å². The van der Waals surface area contributed by atoms with E-state index < -0.39 is 16.5 Å². The third kappa shape index (κ3) is 1.97. The van der Waals surface area contributed by atoms with Gasteiger partial charge in [-0.05, 0) is 19.8 Å². The second kappa shape index (κ2) is 4.94. The molecule has 3 unspecified atom stereocenters. The van der Waals surface area contributed by atoms with Crippen LogP contribution in [0.3, 0.4) is 0 Å². The Kier molecular flexibility index (Phi) is 3.88. The van der Waals surface area contributed by atoms with Crippen LogP contribution in [0.25, 0.3) is 0 Å². The minimum Gasteiger partial charge on any atom is -0.394 e. The number of hydrogen-bond donors (Lipinski definition) is 4. The lowest BCUT2D eigenvalue weighted by molar-refractivity contribution is -0.226. The second-order valence-electron chi connectivity index (χ2n) is 6.96. The Morgan fingerprint density at radius 2 is 2.05 bits per heavy atom. The number of fused-ring (bicyclic) bond motifs is 1. The fourth-order valence-electron chi connectivity index (χ4n) is 3.54. The fraction of sp³-hybridized carbons (Fsp3) is 0.929. The number of carbonyl (C=O) groups excluding carboxylic acids is 1. The zero-order valence-corrected chi connectivity index (χ0v) is 12.5. The Hall–Kier alpha value is -0.690. The molecule has 3 atom stereocenters. The number of hydrogen-bond acceptors (Lipinski definition) is 5. The number of carbonyl (C=O) groups is 1. The largest absolute Gasteiger partial charge is 0.394 e. The van der Waals surface area contributed by atoms with Crippen LogP contribution in [0.5, 0.6) is 0 Å². The number of ether oxygens (including phenoxy) is 1. The van der Waals surface area contributed by atoms with Crippen molar-refractivity contribution in [1.82, 2.24) is 5.32 Å². The van der Waals surface area contributed by atoms with E-state index in [2.05, 4.69) is 5.32 Å². The maximum Gasteiger partial charge on any atom is 0.241 e. The Morgan fingerprint density at radius 3 is 2.60 bits per heavy atom. The highest BCUT2D eigenvalue weighted by Crippen LogP contribution is 2.57. The van der Waals surface area contributed by atoms with Gasteiger partial charge in [0.25, 0.3) is 0 Å². The highest BCUT2D eigenvalue weighted by Gasteiger charge is 2.70. The zero-order valence-electron chi connectivity index (χ0n) is 12.5. The molecule has 1 heterocycles. The van der Waals surface area contributed by atoms with Gasteiger partial charge in [-0.3, -0.25) is 4.79 Å². The summed E-state index contributed by atoms with van der Waals surface area (Å²) < 4.78 is 5.76. The zero-order chi connectivity index (χ0) is 15.2. The lowest BCUT2D eigenvalue weighted by Gasteiger charge is -2.65. The van der Waals surface area contributed by atoms with E-state index in [-0.39, 0.29) is 31.1 Å². The van der Waals surface area contributed by atoms with Crippen molar-refractivity contribution in [3.05, 3.63) is 0 Å². The van der Waals surface area contributed by atoms with Crippen molar-refractivity contribution < 1.29 is 19.7 Å². The Morgan fingerprint density at radius 1 is 1.45 bits per heavy atom. The number of nitrogens with two attached hydrogens (primary N) is 1. The summed E-state index contributed by atoms with van der Waals surface area (Å²) in [6, 6.07) is 0. The number of rotatable bonds is 4. The van der Waals surface area contributed by atoms with Gasteiger partial charge in [0.1, 0.15) is 5.54 Å². The van der Waals surface area contributed by atoms with Crippen molar-refractivity contribution in [3.63, 3.8) is 0 Å². The van der Waals surface area contributed by atoms with Gasteiger partial charge in [-0.25, -0.2) is 0 Å². The molecule has 1 amide bonds. The average molecular weight is 286 g/mol. The predicted molar refractivity (Wildman–Crippen MR) is 73.9 cm³/mol. The van der Waals surface area contributed by atoms with E-state index in [4.69, 9.17) is 10.5 Å². The van der Waals surface area contributed by atoms with E-state index in [1.807, 2.05) is 13.8 Å². The summed E-state index contributed by atoms with van der Waals surface area (Å²) in [5.41, 5.74) is 3.90. The van der Waals surface area contributed by atoms with Gasteiger partial charge in [-0.1, -0.05) is 13.8 Å². The molecule has 5 N–H and O–H groups in total. The molecule has 116 valence electrons. The van der Waals surface area contributed by atoms with Gasteiger partial charge < -0.3 is 26.0 Å². The van der Waals surface area contributed by atoms with Gasteiger partial charge >= 0.3 is 0 Å². The second-order valence-corrected chi connectivity index (χ2v) is 6.96. The molecule has 2 fully saturated rings. The van der Waals surface area contributed by atoms with Crippen LogP contribution in [0.4, 0.5) is 0 Å². The Bertz CT molecular complexity index is 395. The molecule has 0 aromatic carbocycles. The van der Waals surface area contributed by atoms with E-state index in [9.17, 15) is 15.0 Å². The summed E-state index contributed by atoms with van der Waals surface area (Å²) in [5, 5.41) is 21.3. The molecule has 2 rings (SSSR count). The number of amides is 1. The summed E-state index contributed by atoms with van der Waals surface area (Å²) in [6.07, 6.45) is 1.77. The fourth-order valence-corrected chi connectivity index (χ4v) is 3.54. The van der Waals surface area contributed by atoms with Crippen LogP contribution >= 0.6 is 0 Å². The van der Waals surface area contributed by atoms with E-state index in [0.717, 1.165) is 12.8 Å². The minimum absolute atomic E-state index is 0.00140. The quantitative estimate of drug-likeness (QED) is 0.551. The first kappa shape index (κ1) is 15.7. The SMILES string of the molecule is CC(CO)(CO)NC(=O)C1(N)C2CCCOC2C1(C)C. The van der Waals surface area contributed by atoms with E-state index >= 15 is 0 Å². The maximum atomic E-state index is 12.6. The first-order valence-electron chi connectivity index (χ1n) is 7.18. The van der Waals surface area contributed by atoms with Crippen LogP contribution in [0.1, 0.15) is 33.6 Å². The number of nitrogens with one attached hydrogen (secondary N) is 1. The Labute approximate surface area is 119 Å². The molecular weight excluding hydrogens is 260 g/mol. The van der Waals surface area contributed by atoms with Crippen molar-refractivity contribution in [1.29, 1.82) is 0 Å². The molecule has 6 heteroatoms. The molecule has 1 saturated heterocycles. The third-order valence-electron chi connectivity index (χ3n) is 5.17. The van der Waals surface area contributed by atoms with Crippen molar-refractivity contribution in [2.24, 2.45) is 17.1 Å². The summed E-state index contributed by atoms with van der Waals surface area (Å²) in [6.45, 7) is 5.51. The van der Waals surface area contributed by atoms with Crippen LogP contribution in [0, 0.1) is 11.3 Å². The topological polar surface area (TPSA) is 105 Å². The van der Waals surface area contributed by atoms with Crippen LogP contribution in [-0.4, -0.2) is 53.1 Å². The lowest BCUT2D eigenvalue weighted by atomic mass is 9.46. The van der Waals surface area contributed by atoms with Gasteiger partial charge in [0, 0.05) is 17.9 Å². The highest BCUT2D eigenvalue weighted by molar-refractivity contribution is 5.90. The molecule has 1 saturated carbocycles. The van der Waals surface area contributed by atoms with Crippen LogP contribution in [0.15, 0.2) is 0 Å². The standard InChI is InChI=1S/C14H26N2O4/c1-12(2)10-9(5-4-6-20-10)14(12,15)11(19)16-13(3,7-17)8-18/h9-10,17-18H,4-8,15H2,1-3H3,(H,16,19). The van der Waals surface area contributed by atoms with Gasteiger partial charge in [-0.2, -0.15) is 0 Å². The summed E-state index contributed by atoms with van der Waals surface area (Å²) in [5.74, 6) is -0.326. The molecule has 1 aliphatic carbocycles. The first-order chi connectivity index (χ1) is 9.23. The highest BCUT2D eigenvalue weighted by atomic mass is 16.5. The Balaban J connectivity index is 2.19. The van der Waals surface area contributed by atoms with E-state index in [1.54, 1.807) is 6.92 Å². The van der Waals surface area contributed by atoms with Crippen molar-refractivity contribution in [2.45, 2.75) is 50.8 Å². The van der Waals surface area contributed by atoms with Gasteiger partial charge in [-0.15, -0.1) is 0 Å². The normalized spacial score (nSPS) is 35.9. The van der Waals surface area contributed by atoms with Crippen LogP contribution in [-0.2, 0) is 9.53 Å². The average Bonchev–Trinajstić information content (AvgIpc) is 2.46. The molecule has 6 nitrogen and oxygen atoms in total. The molecule has 0 aromatic heterocycles. The minimum atomic E-state index is -1.06. The smallest absolute Gasteiger partial charge is 0.241 e. The van der Waals surface area contributed by atoms with Crippen LogP contribution in [0.2, 0.25) is 0 Å². The van der Waals surface area contributed by atoms with E-state index in [0.29, 0.717) is 6.61 Å². The predicted octanol–water partition coefficient (Wildman–Crippen LogP) is -0.622. The van der Waals surface area contributed by atoms with Crippen LogP contribution < -0.4 is 11.1 Å². The summed E-state index contributed by atoms with van der Waals surface area (Å²) in [7, 11) is 0. The monoisotopic (exact) mass is 286 g/mol.